The number of hydrogen-bond acceptors (Lipinski definition) is 14. The van der Waals surface area contributed by atoms with Crippen molar-refractivity contribution in [2.75, 3.05) is 64.4 Å². The number of halogens is 1. The van der Waals surface area contributed by atoms with Crippen LogP contribution in [0.2, 0.25) is 0 Å². The van der Waals surface area contributed by atoms with Crippen LogP contribution in [0.3, 0.4) is 0 Å². The zero-order chi connectivity index (χ0) is 47.2. The maximum absolute atomic E-state index is 17.0. The number of carboxylic acid groups (broad SMARTS) is 1. The van der Waals surface area contributed by atoms with Gasteiger partial charge in [-0.3, -0.25) is 53.9 Å². The van der Waals surface area contributed by atoms with Gasteiger partial charge in [0.05, 0.1) is 16.5 Å². The van der Waals surface area contributed by atoms with E-state index in [1.165, 1.54) is 0 Å². The molecule has 68 heavy (non-hydrogen) atoms. The van der Waals surface area contributed by atoms with Gasteiger partial charge in [-0.25, -0.2) is 4.39 Å². The lowest BCUT2D eigenvalue weighted by Gasteiger charge is -2.38. The van der Waals surface area contributed by atoms with Gasteiger partial charge in [-0.15, -0.1) is 6.42 Å². The first-order valence-corrected chi connectivity index (χ1v) is 23.1. The minimum Gasteiger partial charge on any atom is -0.483 e. The van der Waals surface area contributed by atoms with Crippen LogP contribution in [0.1, 0.15) is 63.9 Å². The van der Waals surface area contributed by atoms with E-state index in [0.29, 0.717) is 59.2 Å². The molecule has 11 rings (SSSR count). The zero-order valence-corrected chi connectivity index (χ0v) is 37.6. The van der Waals surface area contributed by atoms with Crippen molar-refractivity contribution in [3.8, 4) is 29.6 Å². The summed E-state index contributed by atoms with van der Waals surface area (Å²) in [6.07, 6.45) is 10.9. The molecule has 0 radical (unpaired) electrons. The number of ether oxygens (including phenoxy) is 1. The maximum Gasteiger partial charge on any atom is 0.319 e. The Balaban J connectivity index is 0.00000175. The quantitative estimate of drug-likeness (QED) is 0.111. The van der Waals surface area contributed by atoms with Crippen molar-refractivity contribution in [3.05, 3.63) is 88.9 Å². The molecule has 2 aromatic heterocycles. The Bertz CT molecular complexity index is 2880. The summed E-state index contributed by atoms with van der Waals surface area (Å²) in [5.41, 5.74) is 3.12. The molecule has 17 nitrogen and oxygen atoms in total. The molecule has 8 heterocycles. The normalized spacial score (nSPS) is 24.2. The summed E-state index contributed by atoms with van der Waals surface area (Å²) in [4.78, 5) is 84.0. The van der Waals surface area contributed by atoms with Crippen molar-refractivity contribution in [2.24, 2.45) is 0 Å². The molecule has 6 aliphatic rings. The molecule has 5 aromatic rings. The van der Waals surface area contributed by atoms with Crippen molar-refractivity contribution in [3.63, 3.8) is 0 Å². The molecule has 5 fully saturated rings. The van der Waals surface area contributed by atoms with Gasteiger partial charge in [0.25, 0.3) is 18.3 Å². The number of piperidine rings is 1. The summed E-state index contributed by atoms with van der Waals surface area (Å²) < 4.78 is 23.5. The van der Waals surface area contributed by atoms with Crippen LogP contribution in [0.15, 0.2) is 60.8 Å². The number of hydrogen-bond donors (Lipinski definition) is 3. The van der Waals surface area contributed by atoms with Crippen molar-refractivity contribution in [2.45, 2.75) is 68.9 Å². The zero-order valence-electron chi connectivity index (χ0n) is 37.6. The van der Waals surface area contributed by atoms with Gasteiger partial charge in [0.15, 0.2) is 5.82 Å². The summed E-state index contributed by atoms with van der Waals surface area (Å²) in [5, 5.41) is 15.0. The first kappa shape index (κ1) is 44.9. The number of likely N-dealkylation sites (N-methyl/N-ethyl adjacent to an activating group) is 1. The Morgan fingerprint density at radius 2 is 1.66 bits per heavy atom. The topological polar surface area (TPSA) is 194 Å². The van der Waals surface area contributed by atoms with Gasteiger partial charge in [-0.05, 0) is 61.9 Å². The lowest BCUT2D eigenvalue weighted by molar-refractivity contribution is -0.136. The summed E-state index contributed by atoms with van der Waals surface area (Å²) >= 11 is 0. The van der Waals surface area contributed by atoms with Gasteiger partial charge in [0.1, 0.15) is 29.7 Å². The van der Waals surface area contributed by atoms with Gasteiger partial charge in [0.2, 0.25) is 11.8 Å². The van der Waals surface area contributed by atoms with Gasteiger partial charge in [0, 0.05) is 106 Å². The van der Waals surface area contributed by atoms with Crippen LogP contribution in [-0.2, 0) is 20.9 Å². The number of imide groups is 2. The number of rotatable bonds is 9. The van der Waals surface area contributed by atoms with E-state index in [1.807, 2.05) is 42.5 Å². The van der Waals surface area contributed by atoms with Crippen LogP contribution in [0.5, 0.6) is 6.01 Å². The highest BCUT2D eigenvalue weighted by Gasteiger charge is 2.45. The largest absolute Gasteiger partial charge is 0.483 e. The molecule has 5 atom stereocenters. The molecule has 18 heteroatoms. The number of fused-ring (bicyclic) bond motifs is 5. The molecule has 0 aliphatic carbocycles. The fraction of sp³-hybridized carbons (Fsp3) is 0.400. The molecule has 5 saturated heterocycles. The standard InChI is InChI=1S/C49H49FN10O5.CH2O2/c1-3-29-6-4-7-30-8-5-9-36(41(29)30)43-42(50)44-38(22-51-43)45(59-24-31-11-12-32(25-59)52-31)55-49(54-44)65-27-34-21-33(26-56(34)2)58-18-16-57(17-19-58)23-28-10-13-35-37(20-28)48(64)60(47(35)63)39-14-15-40(61)53-46(39)62;2-1-3/h1,4-10,13,20,22,31-34,39,52H,11-12,14-19,21,23-27H2,2H3,(H,53,61,62);1H,(H,2,3)/t31?,32?,33-,34-,39?;/m0./s1. The maximum atomic E-state index is 17.0. The second kappa shape index (κ2) is 18.6. The number of aromatic nitrogens is 3. The smallest absolute Gasteiger partial charge is 0.319 e. The second-order valence-corrected chi connectivity index (χ2v) is 18.4. The highest BCUT2D eigenvalue weighted by atomic mass is 19.1. The fourth-order valence-electron chi connectivity index (χ4n) is 11.0. The summed E-state index contributed by atoms with van der Waals surface area (Å²) in [6.45, 7) is 6.50. The van der Waals surface area contributed by atoms with E-state index in [1.54, 1.807) is 18.3 Å². The first-order chi connectivity index (χ1) is 33.0. The number of terminal acetylenes is 1. The van der Waals surface area contributed by atoms with Crippen molar-refractivity contribution in [1.29, 1.82) is 0 Å². The summed E-state index contributed by atoms with van der Waals surface area (Å²) in [7, 11) is 2.11. The van der Waals surface area contributed by atoms with E-state index >= 15 is 4.39 Å². The average Bonchev–Trinajstić information content (AvgIpc) is 3.97. The summed E-state index contributed by atoms with van der Waals surface area (Å²) in [5.74, 6) is 0.840. The van der Waals surface area contributed by atoms with Crippen LogP contribution >= 0.6 is 0 Å². The minimum absolute atomic E-state index is 0.0802. The van der Waals surface area contributed by atoms with Crippen molar-refractivity contribution in [1.82, 2.24) is 45.2 Å². The molecule has 350 valence electrons. The monoisotopic (exact) mass is 922 g/mol. The van der Waals surface area contributed by atoms with Gasteiger partial charge in [-0.2, -0.15) is 9.97 Å². The number of nitrogens with one attached hydrogen (secondary N) is 2. The minimum atomic E-state index is -0.989. The SMILES string of the molecule is C#Cc1cccc2cccc(-c3ncc4c(N5CC6CCC(C5)N6)nc(OC[C@@H]5C[C@H](N6CCN(Cc7ccc8c(c7)C(=O)N(C7CCC(=O)NC7=O)C8=O)CC6)CN5C)nc4c3F)c12.O=CO. The van der Waals surface area contributed by atoms with E-state index in [-0.39, 0.29) is 48.1 Å². The Morgan fingerprint density at radius 3 is 2.40 bits per heavy atom. The molecule has 0 saturated carbocycles. The van der Waals surface area contributed by atoms with Crippen LogP contribution in [0.4, 0.5) is 10.2 Å². The lowest BCUT2D eigenvalue weighted by Crippen LogP contribution is -2.54. The fourth-order valence-corrected chi connectivity index (χ4v) is 11.0. The third-order valence-electron chi connectivity index (χ3n) is 14.4. The highest BCUT2D eigenvalue weighted by Crippen LogP contribution is 2.38. The number of carbonyl (C=O) groups is 5. The Kier molecular flexibility index (Phi) is 12.3. The molecular weight excluding hydrogens is 872 g/mol. The summed E-state index contributed by atoms with van der Waals surface area (Å²) in [6, 6.07) is 17.0. The molecular formula is C50H51FN10O7. The molecule has 0 spiro atoms. The number of likely N-dealkylation sites (tertiary alicyclic amines) is 1. The molecule has 3 N–H and O–H groups in total. The number of amides is 4. The van der Waals surface area contributed by atoms with Crippen LogP contribution in [0, 0.1) is 18.2 Å². The number of benzene rings is 3. The third-order valence-corrected chi connectivity index (χ3v) is 14.4. The Labute approximate surface area is 391 Å². The first-order valence-electron chi connectivity index (χ1n) is 23.1. The molecule has 4 amide bonds. The lowest BCUT2D eigenvalue weighted by atomic mass is 9.97. The highest BCUT2D eigenvalue weighted by molar-refractivity contribution is 6.23. The predicted octanol–water partition coefficient (Wildman–Crippen LogP) is 3.28. The number of carbonyl (C=O) groups excluding carboxylic acids is 4. The van der Waals surface area contributed by atoms with Crippen molar-refractivity contribution < 1.29 is 38.2 Å². The molecule has 6 aliphatic heterocycles. The van der Waals surface area contributed by atoms with Crippen LogP contribution in [0.25, 0.3) is 32.9 Å². The third kappa shape index (κ3) is 8.40. The van der Waals surface area contributed by atoms with Crippen LogP contribution < -0.4 is 20.3 Å². The number of piperazine rings is 2. The van der Waals surface area contributed by atoms with Crippen LogP contribution in [-0.4, -0.2) is 159 Å². The predicted molar refractivity (Wildman–Crippen MR) is 249 cm³/mol. The molecule has 3 unspecified atom stereocenters. The van der Waals surface area contributed by atoms with E-state index in [9.17, 15) is 19.2 Å². The van der Waals surface area contributed by atoms with E-state index in [2.05, 4.69) is 43.2 Å². The molecule has 3 aromatic carbocycles. The Hall–Kier alpha value is -6.91. The van der Waals surface area contributed by atoms with E-state index in [4.69, 9.17) is 36.0 Å². The van der Waals surface area contributed by atoms with Crippen molar-refractivity contribution >= 4 is 57.6 Å². The van der Waals surface area contributed by atoms with E-state index < -0.39 is 35.5 Å². The van der Waals surface area contributed by atoms with E-state index in [0.717, 1.165) is 86.3 Å². The number of anilines is 1. The number of nitrogens with zero attached hydrogens (tertiary/aromatic N) is 8. The van der Waals surface area contributed by atoms with Gasteiger partial charge in [-0.1, -0.05) is 42.3 Å². The average molecular weight is 923 g/mol. The second-order valence-electron chi connectivity index (χ2n) is 18.4. The van der Waals surface area contributed by atoms with Gasteiger partial charge >= 0.3 is 6.01 Å². The van der Waals surface area contributed by atoms with Gasteiger partial charge < -0.3 is 20.1 Å². The molecule has 2 bridgehead atoms. The Morgan fingerprint density at radius 1 is 0.926 bits per heavy atom. The number of pyridine rings is 1.